The summed E-state index contributed by atoms with van der Waals surface area (Å²) in [4.78, 5) is 4.29. The van der Waals surface area contributed by atoms with Crippen molar-refractivity contribution in [2.45, 2.75) is 36.8 Å². The summed E-state index contributed by atoms with van der Waals surface area (Å²) in [5, 5.41) is 5.56. The van der Waals surface area contributed by atoms with Gasteiger partial charge in [0.25, 0.3) is 0 Å². The Bertz CT molecular complexity index is 999. The van der Waals surface area contributed by atoms with Crippen LogP contribution in [0, 0.1) is 11.6 Å². The van der Waals surface area contributed by atoms with Crippen molar-refractivity contribution in [1.82, 2.24) is 14.8 Å². The molecule has 0 saturated carbocycles. The number of aromatic nitrogens is 3. The van der Waals surface area contributed by atoms with Crippen LogP contribution in [-0.4, -0.2) is 20.5 Å². The minimum atomic E-state index is -1.03. The number of thioether (sulfide) groups is 1. The van der Waals surface area contributed by atoms with Gasteiger partial charge in [0.05, 0.1) is 6.54 Å². The summed E-state index contributed by atoms with van der Waals surface area (Å²) in [7, 11) is 0. The molecule has 0 aliphatic carbocycles. The predicted molar refractivity (Wildman–Crippen MR) is 104 cm³/mol. The third kappa shape index (κ3) is 3.54. The zero-order valence-electron chi connectivity index (χ0n) is 15.1. The highest BCUT2D eigenvalue weighted by Gasteiger charge is 2.61. The minimum absolute atomic E-state index is 0.248. The third-order valence-corrected chi connectivity index (χ3v) is 6.20. The fraction of sp³-hybridized carbons (Fsp3) is 0.300. The molecule has 3 aromatic rings. The summed E-state index contributed by atoms with van der Waals surface area (Å²) in [6, 6.07) is 10.8. The molecule has 4 rings (SSSR count). The SMILES string of the molecule is CCCSc1ncnn1C[C@]1(c2ccc(F)cc2F)O[C@@H]1c1ccccc1Cl. The van der Waals surface area contributed by atoms with E-state index >= 15 is 0 Å². The van der Waals surface area contributed by atoms with Gasteiger partial charge in [-0.05, 0) is 18.6 Å². The summed E-state index contributed by atoms with van der Waals surface area (Å²) in [5.74, 6) is -0.394. The largest absolute Gasteiger partial charge is 0.354 e. The van der Waals surface area contributed by atoms with Crippen LogP contribution in [0.2, 0.25) is 5.02 Å². The van der Waals surface area contributed by atoms with Crippen LogP contribution in [0.25, 0.3) is 0 Å². The van der Waals surface area contributed by atoms with Gasteiger partial charge < -0.3 is 4.74 Å². The normalized spacial score (nSPS) is 21.1. The molecule has 8 heteroatoms. The first kappa shape index (κ1) is 19.4. The van der Waals surface area contributed by atoms with E-state index in [0.29, 0.717) is 5.02 Å². The maximum Gasteiger partial charge on any atom is 0.186 e. The first-order valence-electron chi connectivity index (χ1n) is 8.93. The van der Waals surface area contributed by atoms with Gasteiger partial charge in [-0.25, -0.2) is 18.4 Å². The molecule has 0 amide bonds. The maximum absolute atomic E-state index is 14.7. The van der Waals surface area contributed by atoms with Crippen molar-refractivity contribution in [2.24, 2.45) is 0 Å². The molecule has 0 spiro atoms. The van der Waals surface area contributed by atoms with Crippen molar-refractivity contribution in [2.75, 3.05) is 5.75 Å². The molecule has 0 N–H and O–H groups in total. The minimum Gasteiger partial charge on any atom is -0.354 e. The Balaban J connectivity index is 1.74. The van der Waals surface area contributed by atoms with Gasteiger partial charge in [0.15, 0.2) is 5.16 Å². The Kier molecular flexibility index (Phi) is 5.40. The Morgan fingerprint density at radius 1 is 1.25 bits per heavy atom. The van der Waals surface area contributed by atoms with Crippen LogP contribution < -0.4 is 0 Å². The fourth-order valence-electron chi connectivity index (χ4n) is 3.31. The molecule has 0 unspecified atom stereocenters. The lowest BCUT2D eigenvalue weighted by Crippen LogP contribution is -2.22. The number of rotatable bonds is 7. The molecule has 1 fully saturated rings. The van der Waals surface area contributed by atoms with Gasteiger partial charge in [0.1, 0.15) is 29.7 Å². The lowest BCUT2D eigenvalue weighted by molar-refractivity contribution is 0.250. The van der Waals surface area contributed by atoms with Gasteiger partial charge in [-0.1, -0.05) is 54.6 Å². The molecular formula is C20H18ClF2N3OS. The summed E-state index contributed by atoms with van der Waals surface area (Å²) in [6.07, 6.45) is 2.00. The van der Waals surface area contributed by atoms with E-state index in [0.717, 1.165) is 29.0 Å². The number of epoxide rings is 1. The van der Waals surface area contributed by atoms with Gasteiger partial charge in [0, 0.05) is 28.0 Å². The monoisotopic (exact) mass is 421 g/mol. The average molecular weight is 422 g/mol. The van der Waals surface area contributed by atoms with Crippen LogP contribution in [0.1, 0.15) is 30.6 Å². The molecule has 4 nitrogen and oxygen atoms in total. The molecule has 146 valence electrons. The molecular weight excluding hydrogens is 404 g/mol. The van der Waals surface area contributed by atoms with Crippen molar-refractivity contribution in [1.29, 1.82) is 0 Å². The molecule has 1 aliphatic rings. The van der Waals surface area contributed by atoms with E-state index in [4.69, 9.17) is 16.3 Å². The Hall–Kier alpha value is -1.96. The number of nitrogens with zero attached hydrogens (tertiary/aromatic N) is 3. The predicted octanol–water partition coefficient (Wildman–Crippen LogP) is 5.38. The molecule has 2 aromatic carbocycles. The van der Waals surface area contributed by atoms with Gasteiger partial charge in [-0.2, -0.15) is 5.10 Å². The van der Waals surface area contributed by atoms with E-state index < -0.39 is 23.3 Å². The lowest BCUT2D eigenvalue weighted by Gasteiger charge is -2.16. The van der Waals surface area contributed by atoms with E-state index in [1.54, 1.807) is 22.5 Å². The topological polar surface area (TPSA) is 43.2 Å². The fourth-order valence-corrected chi connectivity index (χ4v) is 4.31. The van der Waals surface area contributed by atoms with Gasteiger partial charge in [0.2, 0.25) is 0 Å². The first-order chi connectivity index (χ1) is 13.5. The Morgan fingerprint density at radius 3 is 2.82 bits per heavy atom. The second-order valence-corrected chi connectivity index (χ2v) is 8.05. The molecule has 0 radical (unpaired) electrons. The molecule has 2 atom stereocenters. The highest BCUT2D eigenvalue weighted by molar-refractivity contribution is 7.99. The van der Waals surface area contributed by atoms with Gasteiger partial charge in [-0.15, -0.1) is 0 Å². The van der Waals surface area contributed by atoms with E-state index in [9.17, 15) is 8.78 Å². The Labute approximate surface area is 170 Å². The number of hydrogen-bond donors (Lipinski definition) is 0. The van der Waals surface area contributed by atoms with E-state index in [2.05, 4.69) is 17.0 Å². The number of benzene rings is 2. The highest BCUT2D eigenvalue weighted by atomic mass is 35.5. The third-order valence-electron chi connectivity index (χ3n) is 4.67. The van der Waals surface area contributed by atoms with Gasteiger partial charge in [-0.3, -0.25) is 0 Å². The molecule has 0 bridgehead atoms. The zero-order valence-corrected chi connectivity index (χ0v) is 16.7. The number of halogens is 3. The van der Waals surface area contributed by atoms with Crippen LogP contribution in [0.15, 0.2) is 53.9 Å². The summed E-state index contributed by atoms with van der Waals surface area (Å²) < 4.78 is 36.0. The summed E-state index contributed by atoms with van der Waals surface area (Å²) in [5.41, 5.74) is 0.00869. The van der Waals surface area contributed by atoms with Crippen LogP contribution in [-0.2, 0) is 16.9 Å². The molecule has 1 saturated heterocycles. The van der Waals surface area contributed by atoms with Crippen molar-refractivity contribution >= 4 is 23.4 Å². The van der Waals surface area contributed by atoms with Crippen LogP contribution >= 0.6 is 23.4 Å². The van der Waals surface area contributed by atoms with Crippen molar-refractivity contribution in [3.63, 3.8) is 0 Å². The average Bonchev–Trinajstić information content (AvgIpc) is 3.21. The van der Waals surface area contributed by atoms with Crippen molar-refractivity contribution < 1.29 is 13.5 Å². The highest BCUT2D eigenvalue weighted by Crippen LogP contribution is 2.59. The van der Waals surface area contributed by atoms with Crippen LogP contribution in [0.4, 0.5) is 8.78 Å². The Morgan fingerprint density at radius 2 is 2.07 bits per heavy atom. The van der Waals surface area contributed by atoms with Crippen molar-refractivity contribution in [3.05, 3.63) is 76.6 Å². The van der Waals surface area contributed by atoms with E-state index in [-0.39, 0.29) is 12.1 Å². The summed E-state index contributed by atoms with van der Waals surface area (Å²) >= 11 is 7.93. The second-order valence-electron chi connectivity index (χ2n) is 6.58. The van der Waals surface area contributed by atoms with E-state index in [1.807, 2.05) is 18.2 Å². The zero-order chi connectivity index (χ0) is 19.7. The quantitative estimate of drug-likeness (QED) is 0.379. The molecule has 2 heterocycles. The first-order valence-corrected chi connectivity index (χ1v) is 10.3. The molecule has 28 heavy (non-hydrogen) atoms. The van der Waals surface area contributed by atoms with Gasteiger partial charge >= 0.3 is 0 Å². The number of hydrogen-bond acceptors (Lipinski definition) is 4. The second kappa shape index (κ2) is 7.81. The van der Waals surface area contributed by atoms with Crippen LogP contribution in [0.3, 0.4) is 0 Å². The smallest absolute Gasteiger partial charge is 0.186 e. The van der Waals surface area contributed by atoms with Crippen LogP contribution in [0.5, 0.6) is 0 Å². The number of ether oxygens (including phenoxy) is 1. The van der Waals surface area contributed by atoms with Crippen molar-refractivity contribution in [3.8, 4) is 0 Å². The lowest BCUT2D eigenvalue weighted by atomic mass is 9.91. The summed E-state index contributed by atoms with van der Waals surface area (Å²) in [6.45, 7) is 2.33. The molecule has 1 aromatic heterocycles. The maximum atomic E-state index is 14.7. The van der Waals surface area contributed by atoms with E-state index in [1.165, 1.54) is 18.5 Å². The standard InChI is InChI=1S/C20H18ClF2N3OS/c1-2-9-28-19-24-12-25-26(19)11-20(15-8-7-13(22)10-17(15)23)18(27-20)14-5-3-4-6-16(14)21/h3-8,10,12,18H,2,9,11H2,1H3/t18-,20-/m1/s1. The molecule has 1 aliphatic heterocycles.